The lowest BCUT2D eigenvalue weighted by Gasteiger charge is -2.23. The van der Waals surface area contributed by atoms with E-state index < -0.39 is 53.1 Å². The fraction of sp³-hybridized carbons (Fsp3) is 0.300. The Kier molecular flexibility index (Phi) is 6.68. The SMILES string of the molecule is CS(=O)(=O)O[C@@H]1OC(COC(=O)c2ccccc2)[C@@H](OC(=O)c2ccccc2)C1(F)F. The summed E-state index contributed by atoms with van der Waals surface area (Å²) in [5.74, 6) is -5.96. The van der Waals surface area contributed by atoms with Crippen molar-refractivity contribution in [3.05, 3.63) is 71.8 Å². The standard InChI is InChI=1S/C20H18F2O8S/c1-31(25,26)30-19-20(21,22)16(29-18(24)14-10-6-3-7-11-14)15(28-19)12-27-17(23)13-8-4-2-5-9-13/h2-11,15-16,19H,12H2,1H3/t15?,16-,19+/m1/s1. The molecule has 0 radical (unpaired) electrons. The molecule has 3 atom stereocenters. The second kappa shape index (κ2) is 9.08. The minimum atomic E-state index is -4.33. The number of rotatable bonds is 7. The number of halogens is 2. The number of carbonyl (C=O) groups excluding carboxylic acids is 2. The van der Waals surface area contributed by atoms with E-state index in [1.807, 2.05) is 0 Å². The quantitative estimate of drug-likeness (QED) is 0.462. The molecule has 1 saturated heterocycles. The van der Waals surface area contributed by atoms with Crippen molar-refractivity contribution in [2.24, 2.45) is 0 Å². The molecule has 1 aliphatic rings. The lowest BCUT2D eigenvalue weighted by Crippen LogP contribution is -2.45. The normalized spacial score (nSPS) is 22.6. The molecule has 31 heavy (non-hydrogen) atoms. The van der Waals surface area contributed by atoms with E-state index in [1.54, 1.807) is 24.3 Å². The molecule has 0 N–H and O–H groups in total. The number of esters is 2. The van der Waals surface area contributed by atoms with Crippen LogP contribution >= 0.6 is 0 Å². The Morgan fingerprint density at radius 1 is 0.968 bits per heavy atom. The van der Waals surface area contributed by atoms with Crippen molar-refractivity contribution < 1.29 is 45.2 Å². The van der Waals surface area contributed by atoms with Crippen LogP contribution < -0.4 is 0 Å². The Morgan fingerprint density at radius 3 is 2.00 bits per heavy atom. The van der Waals surface area contributed by atoms with E-state index in [0.717, 1.165) is 0 Å². The highest BCUT2D eigenvalue weighted by atomic mass is 32.2. The van der Waals surface area contributed by atoms with Crippen LogP contribution in [0.4, 0.5) is 8.78 Å². The first-order chi connectivity index (χ1) is 14.6. The van der Waals surface area contributed by atoms with Gasteiger partial charge in [-0.2, -0.15) is 17.2 Å². The third-order valence-corrected chi connectivity index (χ3v) is 4.75. The molecule has 3 rings (SSSR count). The average Bonchev–Trinajstić information content (AvgIpc) is 2.95. The zero-order chi connectivity index (χ0) is 22.6. The first kappa shape index (κ1) is 22.8. The van der Waals surface area contributed by atoms with Gasteiger partial charge in [0.15, 0.2) is 0 Å². The van der Waals surface area contributed by atoms with Crippen LogP contribution in [0.3, 0.4) is 0 Å². The smallest absolute Gasteiger partial charge is 0.338 e. The molecule has 1 fully saturated rings. The van der Waals surface area contributed by atoms with Gasteiger partial charge in [0.25, 0.3) is 10.1 Å². The van der Waals surface area contributed by atoms with Crippen molar-refractivity contribution >= 4 is 22.1 Å². The number of hydrogen-bond donors (Lipinski definition) is 0. The Bertz CT molecular complexity index is 1030. The van der Waals surface area contributed by atoms with E-state index in [9.17, 15) is 26.8 Å². The summed E-state index contributed by atoms with van der Waals surface area (Å²) >= 11 is 0. The fourth-order valence-corrected chi connectivity index (χ4v) is 3.29. The molecule has 1 heterocycles. The van der Waals surface area contributed by atoms with Crippen molar-refractivity contribution in [1.29, 1.82) is 0 Å². The number of benzene rings is 2. The van der Waals surface area contributed by atoms with Crippen LogP contribution in [0.5, 0.6) is 0 Å². The Morgan fingerprint density at radius 2 is 1.48 bits per heavy atom. The van der Waals surface area contributed by atoms with Crippen molar-refractivity contribution in [2.45, 2.75) is 24.4 Å². The number of carbonyl (C=O) groups is 2. The Labute approximate surface area is 176 Å². The van der Waals surface area contributed by atoms with Gasteiger partial charge in [0, 0.05) is 0 Å². The van der Waals surface area contributed by atoms with Gasteiger partial charge in [-0.1, -0.05) is 36.4 Å². The number of alkyl halides is 2. The van der Waals surface area contributed by atoms with E-state index in [0.29, 0.717) is 6.26 Å². The van der Waals surface area contributed by atoms with Gasteiger partial charge in [-0.25, -0.2) is 13.8 Å². The molecule has 0 aliphatic carbocycles. The lowest BCUT2D eigenvalue weighted by atomic mass is 10.1. The van der Waals surface area contributed by atoms with Crippen LogP contribution in [0.25, 0.3) is 0 Å². The predicted molar refractivity (Wildman–Crippen MR) is 102 cm³/mol. The zero-order valence-corrected chi connectivity index (χ0v) is 17.0. The van der Waals surface area contributed by atoms with E-state index in [-0.39, 0.29) is 11.1 Å². The summed E-state index contributed by atoms with van der Waals surface area (Å²) in [6.45, 7) is -0.736. The summed E-state index contributed by atoms with van der Waals surface area (Å²) < 4.78 is 71.6. The van der Waals surface area contributed by atoms with Gasteiger partial charge < -0.3 is 14.2 Å². The van der Waals surface area contributed by atoms with E-state index in [1.165, 1.54) is 36.4 Å². The highest BCUT2D eigenvalue weighted by molar-refractivity contribution is 7.86. The van der Waals surface area contributed by atoms with Gasteiger partial charge in [0.2, 0.25) is 12.4 Å². The van der Waals surface area contributed by atoms with Crippen LogP contribution in [-0.2, 0) is 28.5 Å². The zero-order valence-electron chi connectivity index (χ0n) is 16.1. The largest absolute Gasteiger partial charge is 0.459 e. The molecule has 0 amide bonds. The highest BCUT2D eigenvalue weighted by Gasteiger charge is 2.63. The van der Waals surface area contributed by atoms with Gasteiger partial charge >= 0.3 is 17.9 Å². The monoisotopic (exact) mass is 456 g/mol. The van der Waals surface area contributed by atoms with Crippen LogP contribution in [0.1, 0.15) is 20.7 Å². The molecule has 1 unspecified atom stereocenters. The molecule has 0 aromatic heterocycles. The fourth-order valence-electron chi connectivity index (χ4n) is 2.80. The average molecular weight is 456 g/mol. The number of ether oxygens (including phenoxy) is 3. The van der Waals surface area contributed by atoms with E-state index in [4.69, 9.17) is 14.2 Å². The van der Waals surface area contributed by atoms with Gasteiger partial charge in [-0.15, -0.1) is 0 Å². The van der Waals surface area contributed by atoms with Crippen molar-refractivity contribution in [2.75, 3.05) is 12.9 Å². The topological polar surface area (TPSA) is 105 Å². The Balaban J connectivity index is 1.79. The minimum Gasteiger partial charge on any atom is -0.459 e. The van der Waals surface area contributed by atoms with Crippen LogP contribution in [0.15, 0.2) is 60.7 Å². The number of hydrogen-bond acceptors (Lipinski definition) is 8. The lowest BCUT2D eigenvalue weighted by molar-refractivity contribution is -0.183. The molecule has 8 nitrogen and oxygen atoms in total. The maximum Gasteiger partial charge on any atom is 0.338 e. The van der Waals surface area contributed by atoms with Gasteiger partial charge in [-0.05, 0) is 24.3 Å². The second-order valence-electron chi connectivity index (χ2n) is 6.64. The van der Waals surface area contributed by atoms with Crippen molar-refractivity contribution in [3.63, 3.8) is 0 Å². The van der Waals surface area contributed by atoms with Crippen LogP contribution in [-0.4, -0.2) is 57.6 Å². The minimum absolute atomic E-state index is 0.00851. The summed E-state index contributed by atoms with van der Waals surface area (Å²) in [6, 6.07) is 15.1. The Hall–Kier alpha value is -2.89. The molecule has 2 aromatic rings. The molecule has 166 valence electrons. The summed E-state index contributed by atoms with van der Waals surface area (Å²) in [4.78, 5) is 24.4. The summed E-state index contributed by atoms with van der Waals surface area (Å²) in [5, 5.41) is 0. The third kappa shape index (κ3) is 5.63. The summed E-state index contributed by atoms with van der Waals surface area (Å²) in [7, 11) is -4.33. The van der Waals surface area contributed by atoms with E-state index >= 15 is 0 Å². The van der Waals surface area contributed by atoms with Crippen LogP contribution in [0.2, 0.25) is 0 Å². The first-order valence-corrected chi connectivity index (χ1v) is 10.8. The predicted octanol–water partition coefficient (Wildman–Crippen LogP) is 2.41. The summed E-state index contributed by atoms with van der Waals surface area (Å²) in [6.07, 6.45) is -5.94. The molecule has 2 aromatic carbocycles. The third-order valence-electron chi connectivity index (χ3n) is 4.22. The van der Waals surface area contributed by atoms with E-state index in [2.05, 4.69) is 4.18 Å². The summed E-state index contributed by atoms with van der Waals surface area (Å²) in [5.41, 5.74) is 0.153. The molecule has 11 heteroatoms. The van der Waals surface area contributed by atoms with Gasteiger partial charge in [-0.3, -0.25) is 0 Å². The molecule has 1 aliphatic heterocycles. The van der Waals surface area contributed by atoms with Gasteiger partial charge in [0.05, 0.1) is 17.4 Å². The first-order valence-electron chi connectivity index (χ1n) is 8.97. The molecule has 0 spiro atoms. The molecular formula is C20H18F2O8S. The van der Waals surface area contributed by atoms with Crippen molar-refractivity contribution in [1.82, 2.24) is 0 Å². The molecular weight excluding hydrogens is 438 g/mol. The second-order valence-corrected chi connectivity index (χ2v) is 8.24. The van der Waals surface area contributed by atoms with Gasteiger partial charge in [0.1, 0.15) is 12.7 Å². The maximum atomic E-state index is 14.8. The van der Waals surface area contributed by atoms with Crippen molar-refractivity contribution in [3.8, 4) is 0 Å². The maximum absolute atomic E-state index is 14.8. The van der Waals surface area contributed by atoms with Crippen LogP contribution in [0, 0.1) is 0 Å². The highest BCUT2D eigenvalue weighted by Crippen LogP contribution is 2.40. The molecule has 0 saturated carbocycles. The molecule has 0 bridgehead atoms.